The first-order valence-corrected chi connectivity index (χ1v) is 13.6. The number of nitrogens with zero attached hydrogens (tertiary/aromatic N) is 3. The lowest BCUT2D eigenvalue weighted by molar-refractivity contribution is -0.108. The molecule has 1 saturated carbocycles. The fourth-order valence-electron chi connectivity index (χ4n) is 3.75. The Morgan fingerprint density at radius 2 is 1.54 bits per heavy atom. The second-order valence-corrected chi connectivity index (χ2v) is 9.87. The molecule has 35 heavy (non-hydrogen) atoms. The van der Waals surface area contributed by atoms with Gasteiger partial charge in [0, 0.05) is 25.2 Å². The molecular weight excluding hydrogens is 432 g/mol. The second-order valence-electron chi connectivity index (χ2n) is 9.87. The lowest BCUT2D eigenvalue weighted by atomic mass is 9.90. The van der Waals surface area contributed by atoms with Crippen molar-refractivity contribution in [2.24, 2.45) is 16.1 Å². The standard InChI is InChI=1S/C18H37N.C10H15NO.C2H4N2/c1-4-6-8-11-17(3)12-10-16-19(15-7-5-2)18-13-9-14-18;1-8(2)5-6-10(9(3)4)11-7-12;1-3-4-2/h17-18H,4-16H2,1-3H3;5-7H,3H2,1-2,4H3,(H,11,12);1-2H2/b;10-6+;. The van der Waals surface area contributed by atoms with Gasteiger partial charge in [-0.2, -0.15) is 10.2 Å². The summed E-state index contributed by atoms with van der Waals surface area (Å²) < 4.78 is 0. The number of hydrogen-bond donors (Lipinski definition) is 1. The number of hydrogen-bond acceptors (Lipinski definition) is 4. The second kappa shape index (κ2) is 25.1. The minimum atomic E-state index is 0.652. The Labute approximate surface area is 217 Å². The fraction of sp³-hybridized carbons (Fsp3) is 0.700. The van der Waals surface area contributed by atoms with Gasteiger partial charge in [-0.1, -0.05) is 77.5 Å². The zero-order chi connectivity index (χ0) is 26.9. The van der Waals surface area contributed by atoms with Crippen LogP contribution >= 0.6 is 0 Å². The average molecular weight is 489 g/mol. The van der Waals surface area contributed by atoms with Crippen LogP contribution in [0.15, 0.2) is 45.8 Å². The summed E-state index contributed by atoms with van der Waals surface area (Å²) in [6.07, 6.45) is 20.1. The van der Waals surface area contributed by atoms with Crippen LogP contribution in [-0.4, -0.2) is 43.9 Å². The summed E-state index contributed by atoms with van der Waals surface area (Å²) in [4.78, 5) is 12.9. The normalized spacial score (nSPS) is 13.7. The third-order valence-corrected chi connectivity index (χ3v) is 6.19. The summed E-state index contributed by atoms with van der Waals surface area (Å²) in [5, 5.41) is 8.57. The third kappa shape index (κ3) is 22.2. The highest BCUT2D eigenvalue weighted by atomic mass is 16.1. The number of nitrogens with one attached hydrogen (secondary N) is 1. The molecule has 0 bridgehead atoms. The van der Waals surface area contributed by atoms with Crippen LogP contribution in [0.5, 0.6) is 0 Å². The molecule has 1 atom stereocenters. The molecule has 1 rings (SSSR count). The molecule has 0 saturated heterocycles. The molecular formula is C30H56N4O. The summed E-state index contributed by atoms with van der Waals surface area (Å²) in [5.41, 5.74) is 2.78. The van der Waals surface area contributed by atoms with Crippen LogP contribution in [0.3, 0.4) is 0 Å². The van der Waals surface area contributed by atoms with Gasteiger partial charge in [0.2, 0.25) is 6.41 Å². The van der Waals surface area contributed by atoms with E-state index in [-0.39, 0.29) is 0 Å². The quantitative estimate of drug-likeness (QED) is 0.0739. The van der Waals surface area contributed by atoms with Crippen LogP contribution < -0.4 is 5.32 Å². The molecule has 0 aliphatic heterocycles. The number of carbonyl (C=O) groups excluding carboxylic acids is 1. The minimum Gasteiger partial charge on any atom is -0.328 e. The SMILES string of the molecule is C=C(C)/C(=C\C=C(C)C)NC=O.C=NN=C.CCCCCC(C)CCCN(CCCC)C1CCC1. The molecule has 0 spiro atoms. The third-order valence-electron chi connectivity index (χ3n) is 6.19. The Bertz CT molecular complexity index is 610. The van der Waals surface area contributed by atoms with Gasteiger partial charge in [-0.15, -0.1) is 0 Å². The van der Waals surface area contributed by atoms with Gasteiger partial charge in [0.1, 0.15) is 0 Å². The largest absolute Gasteiger partial charge is 0.328 e. The van der Waals surface area contributed by atoms with Crippen molar-refractivity contribution in [3.63, 3.8) is 0 Å². The molecule has 1 aliphatic carbocycles. The van der Waals surface area contributed by atoms with Crippen LogP contribution in [0.25, 0.3) is 0 Å². The number of unbranched alkanes of at least 4 members (excludes halogenated alkanes) is 3. The molecule has 1 fully saturated rings. The minimum absolute atomic E-state index is 0.652. The van der Waals surface area contributed by atoms with E-state index in [9.17, 15) is 4.79 Å². The molecule has 202 valence electrons. The molecule has 5 heteroatoms. The van der Waals surface area contributed by atoms with Crippen molar-refractivity contribution in [3.05, 3.63) is 35.6 Å². The van der Waals surface area contributed by atoms with Crippen molar-refractivity contribution >= 4 is 19.8 Å². The zero-order valence-electron chi connectivity index (χ0n) is 24.0. The van der Waals surface area contributed by atoms with Gasteiger partial charge in [0.25, 0.3) is 0 Å². The molecule has 5 nitrogen and oxygen atoms in total. The van der Waals surface area contributed by atoms with Gasteiger partial charge in [-0.05, 0) is 83.5 Å². The van der Waals surface area contributed by atoms with E-state index in [1.807, 2.05) is 32.9 Å². The van der Waals surface area contributed by atoms with E-state index in [0.29, 0.717) is 6.41 Å². The van der Waals surface area contributed by atoms with Crippen LogP contribution in [0.1, 0.15) is 112 Å². The predicted octanol–water partition coefficient (Wildman–Crippen LogP) is 8.10. The molecule has 1 amide bonds. The van der Waals surface area contributed by atoms with Crippen molar-refractivity contribution < 1.29 is 4.79 Å². The van der Waals surface area contributed by atoms with Gasteiger partial charge in [0.05, 0.1) is 0 Å². The maximum Gasteiger partial charge on any atom is 0.211 e. The molecule has 0 heterocycles. The Morgan fingerprint density at radius 1 is 0.971 bits per heavy atom. The number of carbonyl (C=O) groups is 1. The maximum atomic E-state index is 10.2. The van der Waals surface area contributed by atoms with Crippen molar-refractivity contribution in [2.45, 2.75) is 118 Å². The van der Waals surface area contributed by atoms with Crippen LogP contribution in [0, 0.1) is 5.92 Å². The Kier molecular flexibility index (Phi) is 25.2. The monoisotopic (exact) mass is 488 g/mol. The summed E-state index contributed by atoms with van der Waals surface area (Å²) >= 11 is 0. The van der Waals surface area contributed by atoms with E-state index >= 15 is 0 Å². The molecule has 0 aromatic heterocycles. The van der Waals surface area contributed by atoms with Crippen LogP contribution in [-0.2, 0) is 4.79 Å². The highest BCUT2D eigenvalue weighted by Gasteiger charge is 2.23. The summed E-state index contributed by atoms with van der Waals surface area (Å²) in [5.74, 6) is 0.945. The number of rotatable bonds is 17. The van der Waals surface area contributed by atoms with E-state index < -0.39 is 0 Å². The molecule has 1 N–H and O–H groups in total. The van der Waals surface area contributed by atoms with Gasteiger partial charge in [-0.3, -0.25) is 4.79 Å². The van der Waals surface area contributed by atoms with Gasteiger partial charge < -0.3 is 10.2 Å². The Balaban J connectivity index is 0. The first-order valence-electron chi connectivity index (χ1n) is 13.6. The molecule has 0 aromatic rings. The van der Waals surface area contributed by atoms with Crippen molar-refractivity contribution in [3.8, 4) is 0 Å². The van der Waals surface area contributed by atoms with Crippen molar-refractivity contribution in [1.29, 1.82) is 0 Å². The lowest BCUT2D eigenvalue weighted by Crippen LogP contribution is -2.41. The van der Waals surface area contributed by atoms with Gasteiger partial charge >= 0.3 is 0 Å². The summed E-state index contributed by atoms with van der Waals surface area (Å²) in [6.45, 7) is 25.4. The highest BCUT2D eigenvalue weighted by Crippen LogP contribution is 2.26. The van der Waals surface area contributed by atoms with E-state index in [1.165, 1.54) is 89.3 Å². The topological polar surface area (TPSA) is 57.1 Å². The van der Waals surface area contributed by atoms with E-state index in [2.05, 4.69) is 61.2 Å². The Hall–Kier alpha value is -2.01. The summed E-state index contributed by atoms with van der Waals surface area (Å²) in [7, 11) is 0. The van der Waals surface area contributed by atoms with Crippen LogP contribution in [0.2, 0.25) is 0 Å². The van der Waals surface area contributed by atoms with E-state index in [0.717, 1.165) is 23.2 Å². The highest BCUT2D eigenvalue weighted by molar-refractivity contribution is 5.53. The van der Waals surface area contributed by atoms with E-state index in [1.54, 1.807) is 0 Å². The van der Waals surface area contributed by atoms with Gasteiger partial charge in [0.15, 0.2) is 0 Å². The zero-order valence-corrected chi connectivity index (χ0v) is 24.0. The molecule has 0 aromatic carbocycles. The maximum absolute atomic E-state index is 10.2. The first-order chi connectivity index (χ1) is 16.8. The summed E-state index contributed by atoms with van der Waals surface area (Å²) in [6, 6.07) is 0.946. The smallest absolute Gasteiger partial charge is 0.211 e. The molecule has 0 radical (unpaired) electrons. The number of amides is 1. The first kappa shape index (κ1) is 35.2. The van der Waals surface area contributed by atoms with Gasteiger partial charge in [-0.25, -0.2) is 0 Å². The van der Waals surface area contributed by atoms with Crippen LogP contribution in [0.4, 0.5) is 0 Å². The Morgan fingerprint density at radius 3 is 1.97 bits per heavy atom. The average Bonchev–Trinajstić information content (AvgIpc) is 2.79. The predicted molar refractivity (Wildman–Crippen MR) is 157 cm³/mol. The molecule has 1 aliphatic rings. The lowest BCUT2D eigenvalue weighted by Gasteiger charge is -2.38. The fourth-order valence-corrected chi connectivity index (χ4v) is 3.75. The van der Waals surface area contributed by atoms with Crippen molar-refractivity contribution in [2.75, 3.05) is 13.1 Å². The van der Waals surface area contributed by atoms with E-state index in [4.69, 9.17) is 0 Å². The number of allylic oxidation sites excluding steroid dienone is 4. The molecule has 1 unspecified atom stereocenters. The van der Waals surface area contributed by atoms with Crippen molar-refractivity contribution in [1.82, 2.24) is 10.2 Å².